The fraction of sp³-hybridized carbons (Fsp3) is 0.600. The van der Waals surface area contributed by atoms with E-state index in [1.807, 2.05) is 0 Å². The van der Waals surface area contributed by atoms with Crippen LogP contribution in [0.1, 0.15) is 44.1 Å². The number of anilines is 1. The molecule has 1 heterocycles. The van der Waals surface area contributed by atoms with Gasteiger partial charge in [-0.05, 0) is 36.5 Å². The lowest BCUT2D eigenvalue weighted by molar-refractivity contribution is -0.139. The van der Waals surface area contributed by atoms with Gasteiger partial charge in [0.2, 0.25) is 11.8 Å². The van der Waals surface area contributed by atoms with Gasteiger partial charge in [0.05, 0.1) is 23.8 Å². The molecule has 2 aliphatic rings. The van der Waals surface area contributed by atoms with E-state index in [1.165, 1.54) is 6.07 Å². The van der Waals surface area contributed by atoms with Gasteiger partial charge in [0.15, 0.2) is 0 Å². The van der Waals surface area contributed by atoms with Crippen molar-refractivity contribution < 1.29 is 27.5 Å². The number of rotatable bonds is 5. The highest BCUT2D eigenvalue weighted by molar-refractivity contribution is 6.31. The lowest BCUT2D eigenvalue weighted by Crippen LogP contribution is -2.43. The lowest BCUT2D eigenvalue weighted by Gasteiger charge is -2.33. The Labute approximate surface area is 172 Å². The summed E-state index contributed by atoms with van der Waals surface area (Å²) >= 11 is 5.62. The van der Waals surface area contributed by atoms with Crippen molar-refractivity contribution in [1.82, 2.24) is 4.90 Å². The first-order chi connectivity index (χ1) is 13.7. The van der Waals surface area contributed by atoms with Crippen LogP contribution in [-0.4, -0.2) is 43.0 Å². The normalized spacial score (nSPS) is 19.2. The van der Waals surface area contributed by atoms with Gasteiger partial charge < -0.3 is 15.0 Å². The maximum Gasteiger partial charge on any atom is 0.417 e. The van der Waals surface area contributed by atoms with Crippen LogP contribution < -0.4 is 5.32 Å². The number of hydrogen-bond acceptors (Lipinski definition) is 3. The molecule has 0 spiro atoms. The fourth-order valence-corrected chi connectivity index (χ4v) is 4.38. The van der Waals surface area contributed by atoms with E-state index < -0.39 is 28.1 Å². The number of carbonyl (C=O) groups excluding carboxylic acids is 2. The minimum atomic E-state index is -4.60. The van der Waals surface area contributed by atoms with Gasteiger partial charge in [-0.2, -0.15) is 13.2 Å². The van der Waals surface area contributed by atoms with Crippen molar-refractivity contribution in [2.45, 2.75) is 44.7 Å². The second kappa shape index (κ2) is 8.92. The molecule has 1 N–H and O–H groups in total. The molecule has 3 rings (SSSR count). The van der Waals surface area contributed by atoms with Gasteiger partial charge in [0.1, 0.15) is 0 Å². The van der Waals surface area contributed by atoms with Crippen LogP contribution in [0.25, 0.3) is 0 Å². The van der Waals surface area contributed by atoms with Crippen LogP contribution in [0.3, 0.4) is 0 Å². The number of nitrogens with one attached hydrogen (secondary N) is 1. The molecular weight excluding hydrogens is 409 g/mol. The molecule has 0 bridgehead atoms. The van der Waals surface area contributed by atoms with E-state index in [9.17, 15) is 22.8 Å². The van der Waals surface area contributed by atoms with Gasteiger partial charge in [0.25, 0.3) is 0 Å². The second-order valence-corrected chi connectivity index (χ2v) is 8.20. The van der Waals surface area contributed by atoms with Crippen molar-refractivity contribution >= 4 is 29.1 Å². The SMILES string of the molecule is O=C(CC1(CC(=O)N2CCOCC2)CCCC1)Nc1ccc(Cl)c(C(F)(F)F)c1. The predicted molar refractivity (Wildman–Crippen MR) is 103 cm³/mol. The summed E-state index contributed by atoms with van der Waals surface area (Å²) in [5.74, 6) is -0.383. The molecule has 2 amide bonds. The molecule has 0 radical (unpaired) electrons. The zero-order valence-electron chi connectivity index (χ0n) is 16.0. The summed E-state index contributed by atoms with van der Waals surface area (Å²) < 4.78 is 44.4. The molecule has 160 valence electrons. The molecule has 1 aromatic carbocycles. The maximum atomic E-state index is 13.0. The highest BCUT2D eigenvalue weighted by Crippen LogP contribution is 2.45. The summed E-state index contributed by atoms with van der Waals surface area (Å²) in [5, 5.41) is 2.13. The largest absolute Gasteiger partial charge is 0.417 e. The number of alkyl halides is 3. The first-order valence-corrected chi connectivity index (χ1v) is 10.1. The van der Waals surface area contributed by atoms with Crippen molar-refractivity contribution in [3.8, 4) is 0 Å². The Kier molecular flexibility index (Phi) is 6.73. The number of morpholine rings is 1. The van der Waals surface area contributed by atoms with Gasteiger partial charge in [0, 0.05) is 31.6 Å². The third-order valence-corrected chi connectivity index (χ3v) is 5.97. The maximum absolute atomic E-state index is 13.0. The van der Waals surface area contributed by atoms with Gasteiger partial charge in [-0.3, -0.25) is 9.59 Å². The van der Waals surface area contributed by atoms with E-state index in [0.29, 0.717) is 26.3 Å². The second-order valence-electron chi connectivity index (χ2n) is 7.79. The lowest BCUT2D eigenvalue weighted by atomic mass is 9.78. The molecule has 1 saturated carbocycles. The summed E-state index contributed by atoms with van der Waals surface area (Å²) in [5.41, 5.74) is -1.40. The monoisotopic (exact) mass is 432 g/mol. The van der Waals surface area contributed by atoms with E-state index in [1.54, 1.807) is 4.90 Å². The number of benzene rings is 1. The Hall–Kier alpha value is -1.80. The van der Waals surface area contributed by atoms with E-state index >= 15 is 0 Å². The molecule has 0 aromatic heterocycles. The Morgan fingerprint density at radius 3 is 2.41 bits per heavy atom. The van der Waals surface area contributed by atoms with Gasteiger partial charge in [-0.1, -0.05) is 24.4 Å². The highest BCUT2D eigenvalue weighted by atomic mass is 35.5. The molecule has 1 aromatic rings. The van der Waals surface area contributed by atoms with Crippen LogP contribution >= 0.6 is 11.6 Å². The van der Waals surface area contributed by atoms with Crippen LogP contribution in [0.2, 0.25) is 5.02 Å². The van der Waals surface area contributed by atoms with Crippen LogP contribution in [0.5, 0.6) is 0 Å². The van der Waals surface area contributed by atoms with Crippen LogP contribution in [0.4, 0.5) is 18.9 Å². The third-order valence-electron chi connectivity index (χ3n) is 5.65. The van der Waals surface area contributed by atoms with Gasteiger partial charge in [-0.25, -0.2) is 0 Å². The van der Waals surface area contributed by atoms with Gasteiger partial charge >= 0.3 is 6.18 Å². The zero-order valence-corrected chi connectivity index (χ0v) is 16.7. The van der Waals surface area contributed by atoms with Crippen molar-refractivity contribution in [2.75, 3.05) is 31.6 Å². The average Bonchev–Trinajstić information content (AvgIpc) is 3.10. The average molecular weight is 433 g/mol. The minimum absolute atomic E-state index is 0.00819. The fourth-order valence-electron chi connectivity index (χ4n) is 4.15. The van der Waals surface area contributed by atoms with Crippen molar-refractivity contribution in [2.24, 2.45) is 5.41 Å². The first-order valence-electron chi connectivity index (χ1n) is 9.71. The van der Waals surface area contributed by atoms with Crippen molar-refractivity contribution in [3.63, 3.8) is 0 Å². The molecule has 2 fully saturated rings. The molecule has 1 aliphatic carbocycles. The predicted octanol–water partition coefficient (Wildman–Crippen LogP) is 4.50. The van der Waals surface area contributed by atoms with E-state index in [4.69, 9.17) is 16.3 Å². The molecule has 9 heteroatoms. The van der Waals surface area contributed by atoms with E-state index in [-0.39, 0.29) is 24.4 Å². The Balaban J connectivity index is 1.66. The van der Waals surface area contributed by atoms with E-state index in [0.717, 1.165) is 37.8 Å². The number of hydrogen-bond donors (Lipinski definition) is 1. The molecular formula is C20H24ClF3N2O3. The topological polar surface area (TPSA) is 58.6 Å². The summed E-state index contributed by atoms with van der Waals surface area (Å²) in [6.45, 7) is 2.12. The van der Waals surface area contributed by atoms with Crippen molar-refractivity contribution in [1.29, 1.82) is 0 Å². The van der Waals surface area contributed by atoms with Crippen LogP contribution in [0, 0.1) is 5.41 Å². The van der Waals surface area contributed by atoms with Gasteiger partial charge in [-0.15, -0.1) is 0 Å². The number of carbonyl (C=O) groups is 2. The van der Waals surface area contributed by atoms with Crippen molar-refractivity contribution in [3.05, 3.63) is 28.8 Å². The number of amides is 2. The molecule has 0 unspecified atom stereocenters. The Morgan fingerprint density at radius 1 is 1.14 bits per heavy atom. The highest BCUT2D eigenvalue weighted by Gasteiger charge is 2.39. The van der Waals surface area contributed by atoms with Crippen LogP contribution in [0.15, 0.2) is 18.2 Å². The summed E-state index contributed by atoms with van der Waals surface area (Å²) in [6, 6.07) is 3.30. The number of ether oxygens (including phenoxy) is 1. The molecule has 1 aliphatic heterocycles. The minimum Gasteiger partial charge on any atom is -0.378 e. The molecule has 0 atom stereocenters. The molecule has 1 saturated heterocycles. The Bertz CT molecular complexity index is 758. The first kappa shape index (κ1) is 21.9. The number of halogens is 4. The summed E-state index contributed by atoms with van der Waals surface area (Å²) in [4.78, 5) is 27.1. The molecule has 5 nitrogen and oxygen atoms in total. The Morgan fingerprint density at radius 2 is 1.79 bits per heavy atom. The smallest absolute Gasteiger partial charge is 0.378 e. The van der Waals surface area contributed by atoms with Crippen LogP contribution in [-0.2, 0) is 20.5 Å². The molecule has 29 heavy (non-hydrogen) atoms. The number of nitrogens with zero attached hydrogens (tertiary/aromatic N) is 1. The quantitative estimate of drug-likeness (QED) is 0.745. The zero-order chi connectivity index (χ0) is 21.1. The standard InChI is InChI=1S/C20H24ClF3N2O3/c21-16-4-3-14(11-15(16)20(22,23)24)25-17(27)12-19(5-1-2-6-19)13-18(28)26-7-9-29-10-8-26/h3-4,11H,1-2,5-10,12-13H2,(H,25,27). The summed E-state index contributed by atoms with van der Waals surface area (Å²) in [7, 11) is 0. The van der Waals surface area contributed by atoms with E-state index in [2.05, 4.69) is 5.32 Å². The third kappa shape index (κ3) is 5.63. The summed E-state index contributed by atoms with van der Waals surface area (Å²) in [6.07, 6.45) is -0.849.